The summed E-state index contributed by atoms with van der Waals surface area (Å²) in [7, 11) is 0. The minimum absolute atomic E-state index is 0.129. The molecule has 1 amide bonds. The Labute approximate surface area is 150 Å². The molecule has 1 fully saturated rings. The minimum atomic E-state index is -0.148. The molecule has 3 heterocycles. The van der Waals surface area contributed by atoms with Gasteiger partial charge in [-0.05, 0) is 25.0 Å². The molecule has 7 heteroatoms. The van der Waals surface area contributed by atoms with Crippen LogP contribution in [0.5, 0.6) is 0 Å². The predicted octanol–water partition coefficient (Wildman–Crippen LogP) is 1.92. The summed E-state index contributed by atoms with van der Waals surface area (Å²) in [6.07, 6.45) is 5.54. The van der Waals surface area contributed by atoms with Crippen molar-refractivity contribution in [2.45, 2.75) is 31.7 Å². The summed E-state index contributed by atoms with van der Waals surface area (Å²) < 4.78 is 2.02. The van der Waals surface area contributed by atoms with Crippen molar-refractivity contribution in [1.29, 1.82) is 0 Å². The molecule has 3 aromatic rings. The predicted molar refractivity (Wildman–Crippen MR) is 97.8 cm³/mol. The number of benzene rings is 1. The third-order valence-electron chi connectivity index (χ3n) is 4.99. The number of aryl methyl sites for hydroxylation is 1. The van der Waals surface area contributed by atoms with Gasteiger partial charge in [0, 0.05) is 38.0 Å². The third kappa shape index (κ3) is 3.37. The van der Waals surface area contributed by atoms with Crippen LogP contribution in [0.2, 0.25) is 0 Å². The first-order chi connectivity index (χ1) is 12.7. The van der Waals surface area contributed by atoms with Crippen LogP contribution in [0.3, 0.4) is 0 Å². The second-order valence-corrected chi connectivity index (χ2v) is 6.69. The Morgan fingerprint density at radius 1 is 1.27 bits per heavy atom. The van der Waals surface area contributed by atoms with Crippen LogP contribution in [0.15, 0.2) is 47.8 Å². The van der Waals surface area contributed by atoms with Crippen LogP contribution in [-0.2, 0) is 11.3 Å². The maximum absolute atomic E-state index is 12.7. The number of likely N-dealkylation sites (tertiary alicyclic amines) is 1. The average Bonchev–Trinajstić information content (AvgIpc) is 3.09. The maximum Gasteiger partial charge on any atom is 0.250 e. The molecule has 1 atom stereocenters. The van der Waals surface area contributed by atoms with Crippen molar-refractivity contribution in [1.82, 2.24) is 24.4 Å². The summed E-state index contributed by atoms with van der Waals surface area (Å²) in [5, 5.41) is 0. The average molecular weight is 351 g/mol. The molecule has 0 saturated carbocycles. The molecule has 0 aliphatic carbocycles. The van der Waals surface area contributed by atoms with Crippen LogP contribution in [0.4, 0.5) is 0 Å². The van der Waals surface area contributed by atoms with Gasteiger partial charge < -0.3 is 14.5 Å². The molecule has 0 radical (unpaired) electrons. The van der Waals surface area contributed by atoms with Gasteiger partial charge in [0.1, 0.15) is 0 Å². The number of nitrogens with one attached hydrogen (secondary N) is 1. The Kier molecular flexibility index (Phi) is 4.51. The van der Waals surface area contributed by atoms with Gasteiger partial charge in [-0.1, -0.05) is 12.1 Å². The SMILES string of the molecule is O=C(CCn1cnc2ccccc21)N1CCC[C@@H](c2cc(=O)[nH]cn2)C1. The summed E-state index contributed by atoms with van der Waals surface area (Å²) in [6.45, 7) is 2.01. The standard InChI is InChI=1S/C19H21N5O2/c25-18-10-16(20-12-21-18)14-4-3-8-23(11-14)19(26)7-9-24-13-22-15-5-1-2-6-17(15)24/h1-2,5-6,10,12-14H,3-4,7-9,11H2,(H,20,21,25)/t14-/m1/s1. The Morgan fingerprint density at radius 2 is 2.15 bits per heavy atom. The molecule has 1 aliphatic rings. The van der Waals surface area contributed by atoms with Gasteiger partial charge in [-0.15, -0.1) is 0 Å². The van der Waals surface area contributed by atoms with Crippen LogP contribution in [0.1, 0.15) is 30.9 Å². The lowest BCUT2D eigenvalue weighted by Gasteiger charge is -2.32. The van der Waals surface area contributed by atoms with E-state index >= 15 is 0 Å². The van der Waals surface area contributed by atoms with Gasteiger partial charge in [0.25, 0.3) is 5.56 Å². The number of aromatic amines is 1. The zero-order valence-electron chi connectivity index (χ0n) is 14.5. The van der Waals surface area contributed by atoms with E-state index < -0.39 is 0 Å². The lowest BCUT2D eigenvalue weighted by Crippen LogP contribution is -2.39. The first kappa shape index (κ1) is 16.5. The van der Waals surface area contributed by atoms with Crippen molar-refractivity contribution in [3.63, 3.8) is 0 Å². The largest absolute Gasteiger partial charge is 0.342 e. The number of hydrogen-bond acceptors (Lipinski definition) is 4. The molecule has 1 N–H and O–H groups in total. The summed E-state index contributed by atoms with van der Waals surface area (Å²) in [4.78, 5) is 37.3. The second kappa shape index (κ2) is 7.11. The monoisotopic (exact) mass is 351 g/mol. The molecule has 1 aromatic carbocycles. The van der Waals surface area contributed by atoms with Crippen molar-refractivity contribution in [3.05, 3.63) is 59.0 Å². The van der Waals surface area contributed by atoms with E-state index in [1.165, 1.54) is 12.4 Å². The topological polar surface area (TPSA) is 83.9 Å². The summed E-state index contributed by atoms with van der Waals surface area (Å²) in [6, 6.07) is 9.46. The van der Waals surface area contributed by atoms with Gasteiger partial charge in [0.15, 0.2) is 0 Å². The quantitative estimate of drug-likeness (QED) is 0.778. The fourth-order valence-corrected chi connectivity index (χ4v) is 3.61. The van der Waals surface area contributed by atoms with Gasteiger partial charge in [0.05, 0.1) is 29.4 Å². The van der Waals surface area contributed by atoms with E-state index in [0.29, 0.717) is 19.5 Å². The number of nitrogens with zero attached hydrogens (tertiary/aromatic N) is 4. The molecule has 1 aliphatic heterocycles. The zero-order valence-corrected chi connectivity index (χ0v) is 14.5. The summed E-state index contributed by atoms with van der Waals surface area (Å²) in [5.41, 5.74) is 2.61. The number of H-pyrrole nitrogens is 1. The summed E-state index contributed by atoms with van der Waals surface area (Å²) >= 11 is 0. The molecular weight excluding hydrogens is 330 g/mol. The van der Waals surface area contributed by atoms with E-state index in [1.54, 1.807) is 6.33 Å². The van der Waals surface area contributed by atoms with Crippen LogP contribution >= 0.6 is 0 Å². The molecule has 4 rings (SSSR count). The number of amides is 1. The molecule has 0 bridgehead atoms. The fourth-order valence-electron chi connectivity index (χ4n) is 3.61. The first-order valence-electron chi connectivity index (χ1n) is 8.93. The van der Waals surface area contributed by atoms with E-state index in [-0.39, 0.29) is 17.4 Å². The molecule has 1 saturated heterocycles. The molecule has 0 spiro atoms. The Hall–Kier alpha value is -2.96. The molecule has 26 heavy (non-hydrogen) atoms. The van der Waals surface area contributed by atoms with Crippen LogP contribution in [0, 0.1) is 0 Å². The lowest BCUT2D eigenvalue weighted by molar-refractivity contribution is -0.132. The van der Waals surface area contributed by atoms with Crippen LogP contribution < -0.4 is 5.56 Å². The number of carbonyl (C=O) groups excluding carboxylic acids is 1. The highest BCUT2D eigenvalue weighted by atomic mass is 16.2. The van der Waals surface area contributed by atoms with Crippen molar-refractivity contribution >= 4 is 16.9 Å². The summed E-state index contributed by atoms with van der Waals surface area (Å²) in [5.74, 6) is 0.265. The van der Waals surface area contributed by atoms with E-state index in [2.05, 4.69) is 15.0 Å². The van der Waals surface area contributed by atoms with Gasteiger partial charge in [-0.3, -0.25) is 9.59 Å². The molecular formula is C19H21N5O2. The van der Waals surface area contributed by atoms with Crippen LogP contribution in [0.25, 0.3) is 11.0 Å². The minimum Gasteiger partial charge on any atom is -0.342 e. The lowest BCUT2D eigenvalue weighted by atomic mass is 9.94. The first-order valence-corrected chi connectivity index (χ1v) is 8.93. The van der Waals surface area contributed by atoms with E-state index in [1.807, 2.05) is 33.7 Å². The number of imidazole rings is 1. The maximum atomic E-state index is 12.7. The third-order valence-corrected chi connectivity index (χ3v) is 4.99. The number of carbonyl (C=O) groups is 1. The highest BCUT2D eigenvalue weighted by Gasteiger charge is 2.25. The molecule has 2 aromatic heterocycles. The normalized spacial score (nSPS) is 17.5. The highest BCUT2D eigenvalue weighted by molar-refractivity contribution is 5.77. The number of fused-ring (bicyclic) bond motifs is 1. The van der Waals surface area contributed by atoms with E-state index in [9.17, 15) is 9.59 Å². The second-order valence-electron chi connectivity index (χ2n) is 6.69. The molecule has 134 valence electrons. The van der Waals surface area contributed by atoms with Gasteiger partial charge in [0.2, 0.25) is 5.91 Å². The number of rotatable bonds is 4. The van der Waals surface area contributed by atoms with E-state index in [0.717, 1.165) is 36.1 Å². The fraction of sp³-hybridized carbons (Fsp3) is 0.368. The number of aromatic nitrogens is 4. The molecule has 7 nitrogen and oxygen atoms in total. The van der Waals surface area contributed by atoms with Gasteiger partial charge >= 0.3 is 0 Å². The smallest absolute Gasteiger partial charge is 0.250 e. The van der Waals surface area contributed by atoms with E-state index in [4.69, 9.17) is 0 Å². The number of para-hydroxylation sites is 2. The van der Waals surface area contributed by atoms with Crippen molar-refractivity contribution in [3.8, 4) is 0 Å². The van der Waals surface area contributed by atoms with Crippen LogP contribution in [-0.4, -0.2) is 43.4 Å². The van der Waals surface area contributed by atoms with Crippen molar-refractivity contribution in [2.75, 3.05) is 13.1 Å². The Balaban J connectivity index is 1.40. The zero-order chi connectivity index (χ0) is 17.9. The van der Waals surface area contributed by atoms with Gasteiger partial charge in [-0.25, -0.2) is 9.97 Å². The van der Waals surface area contributed by atoms with Crippen molar-refractivity contribution in [2.24, 2.45) is 0 Å². The number of piperidine rings is 1. The van der Waals surface area contributed by atoms with Crippen molar-refractivity contribution < 1.29 is 4.79 Å². The number of hydrogen-bond donors (Lipinski definition) is 1. The van der Waals surface area contributed by atoms with Gasteiger partial charge in [-0.2, -0.15) is 0 Å². The highest BCUT2D eigenvalue weighted by Crippen LogP contribution is 2.25. The Morgan fingerprint density at radius 3 is 3.04 bits per heavy atom. The Bertz CT molecular complexity index is 977. The molecule has 0 unspecified atom stereocenters.